The maximum atomic E-state index is 11.8. The van der Waals surface area contributed by atoms with Crippen LogP contribution in [0.2, 0.25) is 0 Å². The number of anilines is 1. The lowest BCUT2D eigenvalue weighted by atomic mass is 10.2. The van der Waals surface area contributed by atoms with Gasteiger partial charge in [0.05, 0.1) is 17.4 Å². The van der Waals surface area contributed by atoms with E-state index in [0.29, 0.717) is 0 Å². The quantitative estimate of drug-likeness (QED) is 0.847. The molecule has 0 atom stereocenters. The fourth-order valence-electron chi connectivity index (χ4n) is 1.13. The molecule has 0 spiro atoms. The first-order valence-electron chi connectivity index (χ1n) is 4.91. The van der Waals surface area contributed by atoms with E-state index in [1.54, 1.807) is 0 Å². The van der Waals surface area contributed by atoms with E-state index >= 15 is 0 Å². The van der Waals surface area contributed by atoms with Crippen molar-refractivity contribution in [2.45, 2.75) is 6.18 Å². The molecular weight excluding hydrogens is 269 g/mol. The smallest absolute Gasteiger partial charge is 0.411 e. The summed E-state index contributed by atoms with van der Waals surface area (Å²) in [4.78, 5) is 25.6. The van der Waals surface area contributed by atoms with E-state index in [1.165, 1.54) is 6.20 Å². The molecule has 1 heterocycles. The van der Waals surface area contributed by atoms with Crippen molar-refractivity contribution >= 4 is 17.6 Å². The van der Waals surface area contributed by atoms with Gasteiger partial charge in [-0.15, -0.1) is 0 Å². The van der Waals surface area contributed by atoms with Crippen LogP contribution in [0.15, 0.2) is 18.5 Å². The fraction of sp³-hybridized carbons (Fsp3) is 0.300. The molecular formula is C10H9F3N2O4. The Balaban J connectivity index is 2.56. The molecule has 19 heavy (non-hydrogen) atoms. The van der Waals surface area contributed by atoms with Crippen LogP contribution in [0.25, 0.3) is 0 Å². The van der Waals surface area contributed by atoms with E-state index in [-0.39, 0.29) is 11.3 Å². The summed E-state index contributed by atoms with van der Waals surface area (Å²) in [7, 11) is 0. The number of nitrogens with one attached hydrogen (secondary N) is 1. The van der Waals surface area contributed by atoms with Crippen molar-refractivity contribution in [2.75, 3.05) is 18.5 Å². The van der Waals surface area contributed by atoms with E-state index in [4.69, 9.17) is 5.11 Å². The van der Waals surface area contributed by atoms with E-state index in [1.807, 2.05) is 0 Å². The van der Waals surface area contributed by atoms with Gasteiger partial charge >= 0.3 is 12.1 Å². The van der Waals surface area contributed by atoms with Crippen molar-refractivity contribution in [1.29, 1.82) is 0 Å². The number of pyridine rings is 1. The van der Waals surface area contributed by atoms with Crippen LogP contribution in [0.5, 0.6) is 0 Å². The Morgan fingerprint density at radius 3 is 2.68 bits per heavy atom. The zero-order valence-corrected chi connectivity index (χ0v) is 9.40. The molecule has 0 unspecified atom stereocenters. The molecule has 0 aliphatic carbocycles. The van der Waals surface area contributed by atoms with Gasteiger partial charge in [-0.05, 0) is 6.07 Å². The number of alkyl halides is 3. The van der Waals surface area contributed by atoms with Crippen molar-refractivity contribution in [3.8, 4) is 0 Å². The average molecular weight is 278 g/mol. The topological polar surface area (TPSA) is 88.5 Å². The third kappa shape index (κ3) is 5.34. The van der Waals surface area contributed by atoms with Gasteiger partial charge < -0.3 is 15.2 Å². The lowest BCUT2D eigenvalue weighted by molar-refractivity contribution is -0.174. The van der Waals surface area contributed by atoms with Crippen LogP contribution in [-0.2, 0) is 9.53 Å². The highest BCUT2D eigenvalue weighted by molar-refractivity contribution is 6.00. The maximum absolute atomic E-state index is 11.8. The average Bonchev–Trinajstić information content (AvgIpc) is 2.27. The largest absolute Gasteiger partial charge is 0.478 e. The summed E-state index contributed by atoms with van der Waals surface area (Å²) >= 11 is 0. The van der Waals surface area contributed by atoms with Crippen LogP contribution in [0.1, 0.15) is 10.4 Å². The molecule has 1 rings (SSSR count). The Hall–Kier alpha value is -2.16. The Morgan fingerprint density at radius 1 is 1.42 bits per heavy atom. The second-order valence-corrected chi connectivity index (χ2v) is 3.38. The first-order valence-corrected chi connectivity index (χ1v) is 4.91. The van der Waals surface area contributed by atoms with Crippen molar-refractivity contribution in [1.82, 2.24) is 4.98 Å². The Morgan fingerprint density at radius 2 is 2.11 bits per heavy atom. The molecule has 0 saturated heterocycles. The number of carbonyl (C=O) groups excluding carboxylic acids is 1. The number of ether oxygens (including phenoxy) is 1. The Bertz CT molecular complexity index is 476. The van der Waals surface area contributed by atoms with Gasteiger partial charge in [-0.2, -0.15) is 13.2 Å². The van der Waals surface area contributed by atoms with Crippen LogP contribution < -0.4 is 5.32 Å². The van der Waals surface area contributed by atoms with Crippen LogP contribution in [-0.4, -0.2) is 41.4 Å². The number of nitrogens with zero attached hydrogens (tertiary/aromatic N) is 1. The Kier molecular flexibility index (Phi) is 4.81. The summed E-state index contributed by atoms with van der Waals surface area (Å²) in [5.74, 6) is -2.20. The second kappa shape index (κ2) is 6.14. The number of hydrogen-bond acceptors (Lipinski definition) is 4. The summed E-state index contributed by atoms with van der Waals surface area (Å²) in [6, 6.07) is 1.15. The number of aromatic carboxylic acids is 1. The molecule has 1 amide bonds. The second-order valence-electron chi connectivity index (χ2n) is 3.38. The normalized spacial score (nSPS) is 11.1. The first-order chi connectivity index (χ1) is 8.79. The van der Waals surface area contributed by atoms with Gasteiger partial charge in [0, 0.05) is 6.20 Å². The molecule has 2 N–H and O–H groups in total. The Labute approximate surface area is 105 Å². The molecule has 1 aromatic rings. The van der Waals surface area contributed by atoms with E-state index in [2.05, 4.69) is 15.0 Å². The number of rotatable bonds is 5. The van der Waals surface area contributed by atoms with Crippen molar-refractivity contribution < 1.29 is 32.6 Å². The molecule has 0 radical (unpaired) electrons. The van der Waals surface area contributed by atoms with Crippen LogP contribution in [0.3, 0.4) is 0 Å². The van der Waals surface area contributed by atoms with Crippen LogP contribution in [0, 0.1) is 0 Å². The lowest BCUT2D eigenvalue weighted by Gasteiger charge is -2.09. The van der Waals surface area contributed by atoms with Crippen molar-refractivity contribution in [3.63, 3.8) is 0 Å². The number of aromatic nitrogens is 1. The summed E-state index contributed by atoms with van der Waals surface area (Å²) in [5.41, 5.74) is -0.338. The van der Waals surface area contributed by atoms with E-state index in [0.717, 1.165) is 12.3 Å². The number of carboxylic acid groups (broad SMARTS) is 1. The van der Waals surface area contributed by atoms with E-state index in [9.17, 15) is 22.8 Å². The number of carbonyl (C=O) groups is 2. The highest BCUT2D eigenvalue weighted by Crippen LogP contribution is 2.15. The molecule has 104 valence electrons. The summed E-state index contributed by atoms with van der Waals surface area (Å²) < 4.78 is 39.4. The number of hydrogen-bond donors (Lipinski definition) is 2. The molecule has 0 aliphatic rings. The van der Waals surface area contributed by atoms with Crippen molar-refractivity contribution in [3.05, 3.63) is 24.0 Å². The molecule has 0 aromatic carbocycles. The van der Waals surface area contributed by atoms with Gasteiger partial charge in [-0.1, -0.05) is 0 Å². The molecule has 1 aromatic heterocycles. The predicted octanol–water partition coefficient (Wildman–Crippen LogP) is 1.30. The standard InChI is InChI=1S/C10H9F3N2O4/c11-10(12,13)5-19-4-8(16)15-7-3-14-2-1-6(7)9(17)18/h1-3H,4-5H2,(H,15,16)(H,17,18). The van der Waals surface area contributed by atoms with Crippen LogP contribution in [0.4, 0.5) is 18.9 Å². The van der Waals surface area contributed by atoms with Gasteiger partial charge in [0.15, 0.2) is 0 Å². The predicted molar refractivity (Wildman–Crippen MR) is 56.7 cm³/mol. The van der Waals surface area contributed by atoms with Gasteiger partial charge in [-0.25, -0.2) is 4.79 Å². The number of carboxylic acids is 1. The minimum Gasteiger partial charge on any atom is -0.478 e. The summed E-state index contributed by atoms with van der Waals surface area (Å²) in [6.45, 7) is -2.40. The van der Waals surface area contributed by atoms with Crippen LogP contribution >= 0.6 is 0 Å². The molecule has 0 fully saturated rings. The zero-order valence-electron chi connectivity index (χ0n) is 9.40. The van der Waals surface area contributed by atoms with Gasteiger partial charge in [0.25, 0.3) is 0 Å². The van der Waals surface area contributed by atoms with Crippen molar-refractivity contribution in [2.24, 2.45) is 0 Å². The summed E-state index contributed by atoms with van der Waals surface area (Å²) in [6.07, 6.45) is -2.24. The van der Waals surface area contributed by atoms with Gasteiger partial charge in [0.1, 0.15) is 13.2 Å². The van der Waals surface area contributed by atoms with E-state index < -0.39 is 31.3 Å². The summed E-state index contributed by atoms with van der Waals surface area (Å²) in [5, 5.41) is 10.9. The highest BCUT2D eigenvalue weighted by atomic mass is 19.4. The fourth-order valence-corrected chi connectivity index (χ4v) is 1.13. The molecule has 0 aliphatic heterocycles. The molecule has 6 nitrogen and oxygen atoms in total. The third-order valence-electron chi connectivity index (χ3n) is 1.82. The molecule has 0 saturated carbocycles. The first kappa shape index (κ1) is 14.9. The van der Waals surface area contributed by atoms with Gasteiger partial charge in [0.2, 0.25) is 5.91 Å². The highest BCUT2D eigenvalue weighted by Gasteiger charge is 2.27. The SMILES string of the molecule is O=C(COCC(F)(F)F)Nc1cnccc1C(=O)O. The number of amides is 1. The number of halogens is 3. The monoisotopic (exact) mass is 278 g/mol. The third-order valence-corrected chi connectivity index (χ3v) is 1.82. The lowest BCUT2D eigenvalue weighted by Crippen LogP contribution is -2.24. The minimum absolute atomic E-state index is 0.115. The molecule has 0 bridgehead atoms. The molecule has 9 heteroatoms. The maximum Gasteiger partial charge on any atom is 0.411 e. The zero-order chi connectivity index (χ0) is 14.5. The minimum atomic E-state index is -4.53. The van der Waals surface area contributed by atoms with Gasteiger partial charge in [-0.3, -0.25) is 9.78 Å².